The van der Waals surface area contributed by atoms with Crippen molar-refractivity contribution >= 4 is 17.7 Å². The van der Waals surface area contributed by atoms with Crippen molar-refractivity contribution in [3.05, 3.63) is 70.8 Å². The van der Waals surface area contributed by atoms with Gasteiger partial charge in [-0.1, -0.05) is 32.0 Å². The Morgan fingerprint density at radius 3 is 2.33 bits per heavy atom. The fourth-order valence-corrected chi connectivity index (χ4v) is 5.64. The molecule has 0 aliphatic carbocycles. The molecule has 0 bridgehead atoms. The first-order chi connectivity index (χ1) is 18.3. The molecule has 0 radical (unpaired) electrons. The van der Waals surface area contributed by atoms with Crippen LogP contribution in [0.3, 0.4) is 0 Å². The zero-order valence-corrected chi connectivity index (χ0v) is 21.6. The summed E-state index contributed by atoms with van der Waals surface area (Å²) >= 11 is 0. The van der Waals surface area contributed by atoms with Gasteiger partial charge in [-0.25, -0.2) is 8.78 Å². The van der Waals surface area contributed by atoms with Gasteiger partial charge in [-0.3, -0.25) is 14.4 Å². The van der Waals surface area contributed by atoms with Crippen molar-refractivity contribution in [3.8, 4) is 0 Å². The highest BCUT2D eigenvalue weighted by molar-refractivity contribution is 5.98. The van der Waals surface area contributed by atoms with Crippen molar-refractivity contribution in [2.45, 2.75) is 51.2 Å². The maximum atomic E-state index is 14.7. The van der Waals surface area contributed by atoms with Gasteiger partial charge < -0.3 is 15.5 Å². The molecule has 2 aliphatic rings. The Labute approximate surface area is 222 Å². The van der Waals surface area contributed by atoms with Gasteiger partial charge in [0.25, 0.3) is 5.91 Å². The normalized spacial score (nSPS) is 20.1. The summed E-state index contributed by atoms with van der Waals surface area (Å²) < 4.78 is 68.2. The van der Waals surface area contributed by atoms with E-state index < -0.39 is 52.3 Å². The van der Waals surface area contributed by atoms with Crippen LogP contribution in [0.1, 0.15) is 60.5 Å². The Morgan fingerprint density at radius 1 is 1.05 bits per heavy atom. The fraction of sp³-hybridized carbons (Fsp3) is 0.464. The smallest absolute Gasteiger partial charge is 0.355 e. The number of likely N-dealkylation sites (tertiary alicyclic amines) is 1. The van der Waals surface area contributed by atoms with E-state index in [1.165, 1.54) is 11.0 Å². The van der Waals surface area contributed by atoms with Gasteiger partial charge in [0, 0.05) is 32.0 Å². The molecule has 2 aliphatic heterocycles. The molecule has 1 unspecified atom stereocenters. The molecule has 2 atom stereocenters. The van der Waals surface area contributed by atoms with Crippen LogP contribution in [-0.4, -0.2) is 48.3 Å². The summed E-state index contributed by atoms with van der Waals surface area (Å²) in [6.45, 7) is 4.09. The minimum Gasteiger partial charge on any atom is -0.355 e. The highest BCUT2D eigenvalue weighted by Gasteiger charge is 2.48. The first kappa shape index (κ1) is 28.5. The maximum Gasteiger partial charge on any atom is 0.416 e. The number of nitrogens with zero attached hydrogens (tertiary/aromatic N) is 1. The van der Waals surface area contributed by atoms with Gasteiger partial charge in [-0.15, -0.1) is 0 Å². The molecule has 2 aromatic carbocycles. The number of piperidine rings is 2. The number of halogens is 5. The van der Waals surface area contributed by atoms with Gasteiger partial charge in [0.05, 0.1) is 11.1 Å². The van der Waals surface area contributed by atoms with Crippen LogP contribution in [0.2, 0.25) is 0 Å². The zero-order chi connectivity index (χ0) is 28.5. The van der Waals surface area contributed by atoms with Crippen molar-refractivity contribution in [1.29, 1.82) is 0 Å². The van der Waals surface area contributed by atoms with Crippen LogP contribution < -0.4 is 10.6 Å². The first-order valence-corrected chi connectivity index (χ1v) is 12.8. The van der Waals surface area contributed by atoms with E-state index in [4.69, 9.17) is 0 Å². The van der Waals surface area contributed by atoms with E-state index in [1.54, 1.807) is 32.0 Å². The van der Waals surface area contributed by atoms with Crippen molar-refractivity contribution in [2.24, 2.45) is 11.3 Å². The van der Waals surface area contributed by atoms with E-state index in [0.29, 0.717) is 36.6 Å². The van der Waals surface area contributed by atoms with E-state index in [0.717, 1.165) is 0 Å². The van der Waals surface area contributed by atoms with Crippen molar-refractivity contribution in [2.75, 3.05) is 19.6 Å². The van der Waals surface area contributed by atoms with Gasteiger partial charge in [-0.2, -0.15) is 13.2 Å². The summed E-state index contributed by atoms with van der Waals surface area (Å²) in [6, 6.07) is 6.84. The topological polar surface area (TPSA) is 78.5 Å². The molecule has 11 heteroatoms. The summed E-state index contributed by atoms with van der Waals surface area (Å²) in [6.07, 6.45) is -3.73. The van der Waals surface area contributed by atoms with E-state index in [-0.39, 0.29) is 43.7 Å². The van der Waals surface area contributed by atoms with Crippen LogP contribution in [-0.2, 0) is 15.8 Å². The third-order valence-electron chi connectivity index (χ3n) is 7.86. The zero-order valence-electron chi connectivity index (χ0n) is 21.6. The summed E-state index contributed by atoms with van der Waals surface area (Å²) in [7, 11) is 0. The standard InChI is InChI=1S/C28H30F5N3O3/c1-16(2)24(35-25(38)19-13-17(28(31,32)33)7-8-22(19)30)26(39)36-11-9-27(10-12-36)14-23(37)34-15-20(27)18-5-3-4-6-21(18)29/h3-8,13,16,20,24H,9-12,14-15H2,1-2H3,(H,34,37)(H,35,38)/t20?,24-/m1/s1. The molecule has 2 fully saturated rings. The molecule has 6 nitrogen and oxygen atoms in total. The van der Waals surface area contributed by atoms with Gasteiger partial charge in [0.1, 0.15) is 17.7 Å². The van der Waals surface area contributed by atoms with Crippen molar-refractivity contribution in [1.82, 2.24) is 15.5 Å². The molecule has 2 saturated heterocycles. The lowest BCUT2D eigenvalue weighted by molar-refractivity contribution is -0.139. The number of carbonyl (C=O) groups excluding carboxylic acids is 3. The predicted octanol–water partition coefficient (Wildman–Crippen LogP) is 4.65. The molecule has 4 rings (SSSR count). The average molecular weight is 552 g/mol. The van der Waals surface area contributed by atoms with Crippen molar-refractivity contribution in [3.63, 3.8) is 0 Å². The molecular formula is C28H30F5N3O3. The highest BCUT2D eigenvalue weighted by atomic mass is 19.4. The van der Waals surface area contributed by atoms with Crippen LogP contribution >= 0.6 is 0 Å². The monoisotopic (exact) mass is 551 g/mol. The maximum absolute atomic E-state index is 14.7. The average Bonchev–Trinajstić information content (AvgIpc) is 2.87. The molecule has 0 saturated carbocycles. The molecule has 3 amide bonds. The highest BCUT2D eigenvalue weighted by Crippen LogP contribution is 2.49. The Kier molecular flexibility index (Phi) is 7.99. The van der Waals surface area contributed by atoms with Crippen LogP contribution in [0, 0.1) is 23.0 Å². The number of hydrogen-bond acceptors (Lipinski definition) is 3. The molecule has 210 valence electrons. The molecule has 39 heavy (non-hydrogen) atoms. The second-order valence-corrected chi connectivity index (χ2v) is 10.6. The second kappa shape index (κ2) is 10.9. The van der Waals surface area contributed by atoms with Crippen LogP contribution in [0.15, 0.2) is 42.5 Å². The first-order valence-electron chi connectivity index (χ1n) is 12.8. The second-order valence-electron chi connectivity index (χ2n) is 10.6. The van der Waals surface area contributed by atoms with Gasteiger partial charge in [0.15, 0.2) is 0 Å². The summed E-state index contributed by atoms with van der Waals surface area (Å²) in [4.78, 5) is 40.1. The van der Waals surface area contributed by atoms with Crippen LogP contribution in [0.5, 0.6) is 0 Å². The number of benzene rings is 2. The largest absolute Gasteiger partial charge is 0.416 e. The van der Waals surface area contributed by atoms with Gasteiger partial charge >= 0.3 is 6.18 Å². The predicted molar refractivity (Wildman–Crippen MR) is 133 cm³/mol. The molecular weight excluding hydrogens is 521 g/mol. The quantitative estimate of drug-likeness (QED) is 0.532. The number of alkyl halides is 3. The fourth-order valence-electron chi connectivity index (χ4n) is 5.64. The van der Waals surface area contributed by atoms with Crippen LogP contribution in [0.4, 0.5) is 22.0 Å². The number of hydrogen-bond donors (Lipinski definition) is 2. The molecule has 0 aromatic heterocycles. The Bertz CT molecular complexity index is 1260. The summed E-state index contributed by atoms with van der Waals surface area (Å²) in [5.41, 5.74) is -2.03. The van der Waals surface area contributed by atoms with E-state index >= 15 is 0 Å². The Morgan fingerprint density at radius 2 is 1.72 bits per heavy atom. The number of rotatable bonds is 5. The minimum atomic E-state index is -4.77. The van der Waals surface area contributed by atoms with E-state index in [2.05, 4.69) is 10.6 Å². The SMILES string of the molecule is CC(C)[C@@H](NC(=O)c1cc(C(F)(F)F)ccc1F)C(=O)N1CCC2(CC1)CC(=O)NCC2c1ccccc1F. The molecule has 2 N–H and O–H groups in total. The lowest BCUT2D eigenvalue weighted by Gasteiger charge is -2.49. The summed E-state index contributed by atoms with van der Waals surface area (Å²) in [5, 5.41) is 5.24. The number of carbonyl (C=O) groups is 3. The molecule has 2 heterocycles. The molecule has 2 aromatic rings. The number of amides is 3. The Balaban J connectivity index is 1.50. The molecule has 1 spiro atoms. The van der Waals surface area contributed by atoms with E-state index in [1.807, 2.05) is 0 Å². The summed E-state index contributed by atoms with van der Waals surface area (Å²) in [5.74, 6) is -3.94. The van der Waals surface area contributed by atoms with Gasteiger partial charge in [0.2, 0.25) is 11.8 Å². The van der Waals surface area contributed by atoms with E-state index in [9.17, 15) is 36.3 Å². The third-order valence-corrected chi connectivity index (χ3v) is 7.86. The minimum absolute atomic E-state index is 0.141. The lowest BCUT2D eigenvalue weighted by Crippen LogP contribution is -2.57. The van der Waals surface area contributed by atoms with Crippen molar-refractivity contribution < 1.29 is 36.3 Å². The number of nitrogens with one attached hydrogen (secondary N) is 2. The lowest BCUT2D eigenvalue weighted by atomic mass is 9.62. The third kappa shape index (κ3) is 5.91. The van der Waals surface area contributed by atoms with Gasteiger partial charge in [-0.05, 0) is 54.0 Å². The van der Waals surface area contributed by atoms with Crippen LogP contribution in [0.25, 0.3) is 0 Å². The Hall–Kier alpha value is -3.50.